The van der Waals surface area contributed by atoms with Crippen LogP contribution >= 0.6 is 0 Å². The summed E-state index contributed by atoms with van der Waals surface area (Å²) in [4.78, 5) is 41.8. The summed E-state index contributed by atoms with van der Waals surface area (Å²) < 4.78 is 5.34. The minimum atomic E-state index is -0.576. The van der Waals surface area contributed by atoms with E-state index in [0.717, 1.165) is 18.8 Å². The average molecular weight is 330 g/mol. The second kappa shape index (κ2) is 7.14. The SMILES string of the molecule is O=C(NCc1c[nH]c(=O)[nH]c1=O)c1ccccc1N1CCOCC1. The van der Waals surface area contributed by atoms with E-state index in [-0.39, 0.29) is 18.0 Å². The largest absolute Gasteiger partial charge is 0.378 e. The normalized spacial score (nSPS) is 14.4. The van der Waals surface area contributed by atoms with E-state index in [4.69, 9.17) is 4.74 Å². The number of aromatic amines is 2. The molecule has 1 aromatic carbocycles. The van der Waals surface area contributed by atoms with E-state index in [1.165, 1.54) is 6.20 Å². The molecule has 1 aromatic heterocycles. The van der Waals surface area contributed by atoms with E-state index in [1.54, 1.807) is 12.1 Å². The molecule has 0 unspecified atom stereocenters. The Morgan fingerprint density at radius 1 is 1.21 bits per heavy atom. The number of H-pyrrole nitrogens is 2. The van der Waals surface area contributed by atoms with E-state index >= 15 is 0 Å². The Hall–Kier alpha value is -2.87. The van der Waals surface area contributed by atoms with E-state index in [9.17, 15) is 14.4 Å². The molecule has 0 bridgehead atoms. The van der Waals surface area contributed by atoms with Crippen molar-refractivity contribution in [2.45, 2.75) is 6.54 Å². The summed E-state index contributed by atoms with van der Waals surface area (Å²) in [6.07, 6.45) is 1.30. The molecule has 8 nitrogen and oxygen atoms in total. The highest BCUT2D eigenvalue weighted by Crippen LogP contribution is 2.21. The summed E-state index contributed by atoms with van der Waals surface area (Å²) in [5.74, 6) is -0.275. The Morgan fingerprint density at radius 2 is 1.96 bits per heavy atom. The highest BCUT2D eigenvalue weighted by atomic mass is 16.5. The summed E-state index contributed by atoms with van der Waals surface area (Å²) in [5.41, 5.74) is 0.578. The third-order valence-electron chi connectivity index (χ3n) is 3.84. The van der Waals surface area contributed by atoms with Crippen molar-refractivity contribution >= 4 is 11.6 Å². The fraction of sp³-hybridized carbons (Fsp3) is 0.312. The number of benzene rings is 1. The van der Waals surface area contributed by atoms with Crippen LogP contribution in [0.4, 0.5) is 5.69 Å². The average Bonchev–Trinajstić information content (AvgIpc) is 2.61. The molecule has 0 saturated carbocycles. The van der Waals surface area contributed by atoms with Crippen LogP contribution in [0, 0.1) is 0 Å². The molecule has 2 aromatic rings. The fourth-order valence-electron chi connectivity index (χ4n) is 2.59. The summed E-state index contributed by atoms with van der Waals surface area (Å²) >= 11 is 0. The molecule has 3 rings (SSSR count). The van der Waals surface area contributed by atoms with Gasteiger partial charge in [0, 0.05) is 31.5 Å². The number of nitrogens with zero attached hydrogens (tertiary/aromatic N) is 1. The monoisotopic (exact) mass is 330 g/mol. The van der Waals surface area contributed by atoms with Gasteiger partial charge in [0.05, 0.1) is 24.3 Å². The van der Waals surface area contributed by atoms with Crippen molar-refractivity contribution in [1.82, 2.24) is 15.3 Å². The predicted molar refractivity (Wildman–Crippen MR) is 88.3 cm³/mol. The van der Waals surface area contributed by atoms with Crippen LogP contribution in [-0.2, 0) is 11.3 Å². The van der Waals surface area contributed by atoms with Crippen LogP contribution in [0.25, 0.3) is 0 Å². The van der Waals surface area contributed by atoms with Gasteiger partial charge in [-0.25, -0.2) is 4.79 Å². The maximum atomic E-state index is 12.5. The van der Waals surface area contributed by atoms with Gasteiger partial charge in [0.1, 0.15) is 0 Å². The van der Waals surface area contributed by atoms with Crippen LogP contribution in [0.3, 0.4) is 0 Å². The number of aromatic nitrogens is 2. The molecule has 126 valence electrons. The molecule has 0 spiro atoms. The number of hydrogen-bond donors (Lipinski definition) is 3. The number of nitrogens with one attached hydrogen (secondary N) is 3. The molecule has 3 N–H and O–H groups in total. The lowest BCUT2D eigenvalue weighted by Crippen LogP contribution is -2.38. The number of amides is 1. The highest BCUT2D eigenvalue weighted by molar-refractivity contribution is 5.99. The van der Waals surface area contributed by atoms with Crippen LogP contribution in [0.1, 0.15) is 15.9 Å². The number of para-hydroxylation sites is 1. The van der Waals surface area contributed by atoms with Crippen molar-refractivity contribution in [3.05, 3.63) is 62.4 Å². The second-order valence-electron chi connectivity index (χ2n) is 5.40. The maximum Gasteiger partial charge on any atom is 0.325 e. The van der Waals surface area contributed by atoms with Gasteiger partial charge in [-0.15, -0.1) is 0 Å². The predicted octanol–water partition coefficient (Wildman–Crippen LogP) is -0.170. The molecule has 2 heterocycles. The molecule has 1 saturated heterocycles. The van der Waals surface area contributed by atoms with Crippen molar-refractivity contribution in [2.75, 3.05) is 31.2 Å². The lowest BCUT2D eigenvalue weighted by atomic mass is 10.1. The summed E-state index contributed by atoms with van der Waals surface area (Å²) in [6, 6.07) is 7.32. The molecule has 24 heavy (non-hydrogen) atoms. The molecule has 1 aliphatic rings. The molecule has 1 fully saturated rings. The first-order chi connectivity index (χ1) is 11.6. The molecule has 1 amide bonds. The Kier molecular flexibility index (Phi) is 4.76. The van der Waals surface area contributed by atoms with Gasteiger partial charge in [0.2, 0.25) is 0 Å². The second-order valence-corrected chi connectivity index (χ2v) is 5.40. The number of carbonyl (C=O) groups excluding carboxylic acids is 1. The Balaban J connectivity index is 1.75. The fourth-order valence-corrected chi connectivity index (χ4v) is 2.59. The molecule has 0 radical (unpaired) electrons. The highest BCUT2D eigenvalue weighted by Gasteiger charge is 2.18. The van der Waals surface area contributed by atoms with Crippen LogP contribution in [0.5, 0.6) is 0 Å². The van der Waals surface area contributed by atoms with Gasteiger partial charge in [-0.1, -0.05) is 12.1 Å². The number of ether oxygens (including phenoxy) is 1. The van der Waals surface area contributed by atoms with Gasteiger partial charge in [-0.3, -0.25) is 14.6 Å². The Labute approximate surface area is 137 Å². The lowest BCUT2D eigenvalue weighted by molar-refractivity contribution is 0.0949. The quantitative estimate of drug-likeness (QED) is 0.721. The summed E-state index contributed by atoms with van der Waals surface area (Å²) in [6.45, 7) is 2.74. The van der Waals surface area contributed by atoms with Crippen LogP contribution < -0.4 is 21.5 Å². The first kappa shape index (κ1) is 16.0. The first-order valence-electron chi connectivity index (χ1n) is 7.66. The van der Waals surface area contributed by atoms with E-state index in [0.29, 0.717) is 18.8 Å². The standard InChI is InChI=1S/C16H18N4O4/c21-14-11(10-18-16(23)19-14)9-17-15(22)12-3-1-2-4-13(12)20-5-7-24-8-6-20/h1-4,10H,5-9H2,(H,17,22)(H2,18,19,21,23). The van der Waals surface area contributed by atoms with Gasteiger partial charge in [-0.2, -0.15) is 0 Å². The van der Waals surface area contributed by atoms with Crippen molar-refractivity contribution in [2.24, 2.45) is 0 Å². The van der Waals surface area contributed by atoms with Gasteiger partial charge in [-0.05, 0) is 12.1 Å². The third-order valence-corrected chi connectivity index (χ3v) is 3.84. The number of anilines is 1. The van der Waals surface area contributed by atoms with Crippen molar-refractivity contribution in [1.29, 1.82) is 0 Å². The maximum absolute atomic E-state index is 12.5. The zero-order valence-electron chi connectivity index (χ0n) is 13.0. The zero-order chi connectivity index (χ0) is 16.9. The molecule has 0 aliphatic carbocycles. The van der Waals surface area contributed by atoms with Gasteiger partial charge in [0.25, 0.3) is 11.5 Å². The third kappa shape index (κ3) is 3.54. The van der Waals surface area contributed by atoms with Crippen molar-refractivity contribution in [3.63, 3.8) is 0 Å². The molecule has 0 atom stereocenters. The van der Waals surface area contributed by atoms with Crippen molar-refractivity contribution in [3.8, 4) is 0 Å². The van der Waals surface area contributed by atoms with Crippen molar-refractivity contribution < 1.29 is 9.53 Å². The minimum Gasteiger partial charge on any atom is -0.378 e. The van der Waals surface area contributed by atoms with Gasteiger partial charge >= 0.3 is 5.69 Å². The van der Waals surface area contributed by atoms with Gasteiger partial charge in [0.15, 0.2) is 0 Å². The molecule has 1 aliphatic heterocycles. The lowest BCUT2D eigenvalue weighted by Gasteiger charge is -2.30. The van der Waals surface area contributed by atoms with Crippen LogP contribution in [0.15, 0.2) is 40.1 Å². The number of morpholine rings is 1. The van der Waals surface area contributed by atoms with Crippen LogP contribution in [0.2, 0.25) is 0 Å². The molecular weight excluding hydrogens is 312 g/mol. The van der Waals surface area contributed by atoms with E-state index in [1.807, 2.05) is 12.1 Å². The topological polar surface area (TPSA) is 107 Å². The minimum absolute atomic E-state index is 0.0302. The van der Waals surface area contributed by atoms with E-state index < -0.39 is 11.2 Å². The first-order valence-corrected chi connectivity index (χ1v) is 7.66. The number of carbonyl (C=O) groups is 1. The molecule has 8 heteroatoms. The Morgan fingerprint density at radius 3 is 2.71 bits per heavy atom. The summed E-state index contributed by atoms with van der Waals surface area (Å²) in [5, 5.41) is 2.72. The summed E-state index contributed by atoms with van der Waals surface area (Å²) in [7, 11) is 0. The Bertz CT molecular complexity index is 836. The smallest absolute Gasteiger partial charge is 0.325 e. The number of rotatable bonds is 4. The molecular formula is C16H18N4O4. The van der Waals surface area contributed by atoms with E-state index in [2.05, 4.69) is 20.2 Å². The zero-order valence-corrected chi connectivity index (χ0v) is 13.0. The van der Waals surface area contributed by atoms with Gasteiger partial charge < -0.3 is 19.9 Å². The van der Waals surface area contributed by atoms with Crippen LogP contribution in [-0.4, -0.2) is 42.2 Å². The number of hydrogen-bond acceptors (Lipinski definition) is 5.